The van der Waals surface area contributed by atoms with E-state index in [1.165, 1.54) is 0 Å². The molecule has 20 heavy (non-hydrogen) atoms. The summed E-state index contributed by atoms with van der Waals surface area (Å²) in [5, 5.41) is 12.5. The van der Waals surface area contributed by atoms with Crippen LogP contribution >= 0.6 is 0 Å². The first kappa shape index (κ1) is 15.7. The molecule has 1 aromatic rings. The summed E-state index contributed by atoms with van der Waals surface area (Å²) >= 11 is 0. The van der Waals surface area contributed by atoms with Gasteiger partial charge >= 0.3 is 18.2 Å². The summed E-state index contributed by atoms with van der Waals surface area (Å²) in [6.07, 6.45) is -5.20. The van der Waals surface area contributed by atoms with Gasteiger partial charge in [-0.2, -0.15) is 13.2 Å². The van der Waals surface area contributed by atoms with Crippen molar-refractivity contribution in [3.63, 3.8) is 0 Å². The average molecular weight is 294 g/mol. The second-order valence-corrected chi connectivity index (χ2v) is 3.72. The minimum Gasteiger partial charge on any atom is -0.481 e. The quantitative estimate of drug-likeness (QED) is 0.746. The lowest BCUT2D eigenvalue weighted by atomic mass is 10.2. The van der Waals surface area contributed by atoms with Gasteiger partial charge < -0.3 is 15.7 Å². The molecule has 0 atom stereocenters. The monoisotopic (exact) mass is 294 g/mol. The predicted molar refractivity (Wildman–Crippen MR) is 60.7 cm³/mol. The fourth-order valence-electron chi connectivity index (χ4n) is 1.28. The third kappa shape index (κ3) is 4.75. The molecule has 0 saturated heterocycles. The van der Waals surface area contributed by atoms with Gasteiger partial charge in [-0.25, -0.2) is 9.18 Å². The molecule has 0 aliphatic heterocycles. The van der Waals surface area contributed by atoms with E-state index in [0.29, 0.717) is 12.1 Å². The van der Waals surface area contributed by atoms with Crippen molar-refractivity contribution in [3.8, 4) is 0 Å². The van der Waals surface area contributed by atoms with Crippen LogP contribution in [0.25, 0.3) is 0 Å². The lowest BCUT2D eigenvalue weighted by Gasteiger charge is -2.11. The molecular weight excluding hydrogens is 284 g/mol. The van der Waals surface area contributed by atoms with Gasteiger partial charge in [0.15, 0.2) is 0 Å². The minimum atomic E-state index is -4.87. The maximum absolute atomic E-state index is 13.0. The van der Waals surface area contributed by atoms with Crippen molar-refractivity contribution in [1.82, 2.24) is 5.32 Å². The summed E-state index contributed by atoms with van der Waals surface area (Å²) in [5.74, 6) is -2.58. The lowest BCUT2D eigenvalue weighted by molar-refractivity contribution is -0.140. The fourth-order valence-corrected chi connectivity index (χ4v) is 1.28. The van der Waals surface area contributed by atoms with Crippen LogP contribution in [0.2, 0.25) is 0 Å². The van der Waals surface area contributed by atoms with E-state index < -0.39 is 29.6 Å². The third-order valence-corrected chi connectivity index (χ3v) is 2.15. The van der Waals surface area contributed by atoms with Crippen molar-refractivity contribution >= 4 is 17.7 Å². The molecule has 0 aliphatic carbocycles. The Kier molecular flexibility index (Phi) is 4.89. The molecule has 0 aromatic heterocycles. The van der Waals surface area contributed by atoms with E-state index in [4.69, 9.17) is 5.11 Å². The Morgan fingerprint density at radius 1 is 1.25 bits per heavy atom. The van der Waals surface area contributed by atoms with Gasteiger partial charge in [0.25, 0.3) is 0 Å². The highest BCUT2D eigenvalue weighted by Crippen LogP contribution is 2.32. The van der Waals surface area contributed by atoms with Gasteiger partial charge in [-0.1, -0.05) is 0 Å². The zero-order valence-electron chi connectivity index (χ0n) is 9.92. The van der Waals surface area contributed by atoms with Crippen molar-refractivity contribution < 1.29 is 32.3 Å². The average Bonchev–Trinajstić information content (AvgIpc) is 2.29. The van der Waals surface area contributed by atoms with Crippen molar-refractivity contribution in [2.45, 2.75) is 12.6 Å². The van der Waals surface area contributed by atoms with Crippen molar-refractivity contribution in [2.75, 3.05) is 11.9 Å². The SMILES string of the molecule is O=C(O)CCNC(=O)Nc1ccc(F)c(C(F)(F)F)c1. The predicted octanol–water partition coefficient (Wildman–Crippen LogP) is 2.44. The maximum Gasteiger partial charge on any atom is 0.419 e. The molecule has 0 unspecified atom stereocenters. The molecule has 1 rings (SSSR count). The largest absolute Gasteiger partial charge is 0.481 e. The third-order valence-electron chi connectivity index (χ3n) is 2.15. The van der Waals surface area contributed by atoms with Gasteiger partial charge in [0.1, 0.15) is 5.82 Å². The number of nitrogens with one attached hydrogen (secondary N) is 2. The van der Waals surface area contributed by atoms with E-state index >= 15 is 0 Å². The Morgan fingerprint density at radius 2 is 1.90 bits per heavy atom. The smallest absolute Gasteiger partial charge is 0.419 e. The van der Waals surface area contributed by atoms with Crippen LogP contribution in [0.5, 0.6) is 0 Å². The Balaban J connectivity index is 2.69. The van der Waals surface area contributed by atoms with E-state index in [2.05, 4.69) is 5.32 Å². The Hall–Kier alpha value is -2.32. The summed E-state index contributed by atoms with van der Waals surface area (Å²) in [4.78, 5) is 21.4. The van der Waals surface area contributed by atoms with Gasteiger partial charge in [0, 0.05) is 12.2 Å². The standard InChI is InChI=1S/C11H10F4N2O3/c12-8-2-1-6(5-7(8)11(13,14)15)17-10(20)16-4-3-9(18)19/h1-2,5H,3-4H2,(H,18,19)(H2,16,17,20). The zero-order valence-corrected chi connectivity index (χ0v) is 9.92. The van der Waals surface area contributed by atoms with Crippen LogP contribution in [0.1, 0.15) is 12.0 Å². The van der Waals surface area contributed by atoms with Gasteiger partial charge in [-0.3, -0.25) is 4.79 Å². The normalized spacial score (nSPS) is 11.0. The first-order valence-electron chi connectivity index (χ1n) is 5.33. The summed E-state index contributed by atoms with van der Waals surface area (Å²) in [7, 11) is 0. The molecule has 0 fully saturated rings. The first-order valence-corrected chi connectivity index (χ1v) is 5.33. The molecule has 9 heteroatoms. The molecule has 1 aromatic carbocycles. The number of benzene rings is 1. The van der Waals surface area contributed by atoms with E-state index in [1.54, 1.807) is 0 Å². The summed E-state index contributed by atoms with van der Waals surface area (Å²) in [6.45, 7) is -0.186. The van der Waals surface area contributed by atoms with Crippen LogP contribution in [0.3, 0.4) is 0 Å². The molecule has 0 heterocycles. The number of hydrogen-bond donors (Lipinski definition) is 3. The molecule has 0 spiro atoms. The summed E-state index contributed by atoms with van der Waals surface area (Å²) in [5.41, 5.74) is -1.76. The van der Waals surface area contributed by atoms with Gasteiger partial charge in [-0.15, -0.1) is 0 Å². The Labute approximate surface area is 110 Å². The zero-order chi connectivity index (χ0) is 15.3. The number of carboxylic acids is 1. The highest BCUT2D eigenvalue weighted by molar-refractivity contribution is 5.89. The Morgan fingerprint density at radius 3 is 2.45 bits per heavy atom. The number of aliphatic carboxylic acids is 1. The number of alkyl halides is 3. The van der Waals surface area contributed by atoms with Crippen LogP contribution in [0, 0.1) is 5.82 Å². The lowest BCUT2D eigenvalue weighted by Crippen LogP contribution is -2.30. The van der Waals surface area contributed by atoms with Crippen LogP contribution in [-0.4, -0.2) is 23.7 Å². The topological polar surface area (TPSA) is 78.4 Å². The number of anilines is 1. The van der Waals surface area contributed by atoms with E-state index in [9.17, 15) is 27.2 Å². The maximum atomic E-state index is 13.0. The number of urea groups is 1. The Bertz CT molecular complexity index is 517. The molecule has 110 valence electrons. The minimum absolute atomic E-state index is 0.186. The number of carbonyl (C=O) groups excluding carboxylic acids is 1. The number of carboxylic acid groups (broad SMARTS) is 1. The van der Waals surface area contributed by atoms with Crippen LogP contribution < -0.4 is 10.6 Å². The van der Waals surface area contributed by atoms with Crippen LogP contribution in [-0.2, 0) is 11.0 Å². The molecular formula is C11H10F4N2O3. The van der Waals surface area contributed by atoms with Crippen molar-refractivity contribution in [2.24, 2.45) is 0 Å². The first-order chi connectivity index (χ1) is 9.20. The van der Waals surface area contributed by atoms with Crippen molar-refractivity contribution in [3.05, 3.63) is 29.6 Å². The fraction of sp³-hybridized carbons (Fsp3) is 0.273. The molecule has 5 nitrogen and oxygen atoms in total. The number of hydrogen-bond acceptors (Lipinski definition) is 2. The molecule has 0 aliphatic rings. The molecule has 0 bridgehead atoms. The highest BCUT2D eigenvalue weighted by atomic mass is 19.4. The molecule has 3 N–H and O–H groups in total. The molecule has 2 amide bonds. The number of halogens is 4. The highest BCUT2D eigenvalue weighted by Gasteiger charge is 2.34. The summed E-state index contributed by atoms with van der Waals surface area (Å²) in [6, 6.07) is 1.11. The van der Waals surface area contributed by atoms with Crippen molar-refractivity contribution in [1.29, 1.82) is 0 Å². The number of amides is 2. The van der Waals surface area contributed by atoms with Crippen LogP contribution in [0.4, 0.5) is 28.0 Å². The van der Waals surface area contributed by atoms with Crippen LogP contribution in [0.15, 0.2) is 18.2 Å². The number of rotatable bonds is 4. The van der Waals surface area contributed by atoms with E-state index in [-0.39, 0.29) is 18.7 Å². The molecule has 0 radical (unpaired) electrons. The van der Waals surface area contributed by atoms with Gasteiger partial charge in [-0.05, 0) is 18.2 Å². The summed E-state index contributed by atoms with van der Waals surface area (Å²) < 4.78 is 50.3. The van der Waals surface area contributed by atoms with Gasteiger partial charge in [0.05, 0.1) is 12.0 Å². The number of carbonyl (C=O) groups is 2. The van der Waals surface area contributed by atoms with E-state index in [1.807, 2.05) is 5.32 Å². The second kappa shape index (κ2) is 6.22. The second-order valence-electron chi connectivity index (χ2n) is 3.72. The molecule has 0 saturated carbocycles. The van der Waals surface area contributed by atoms with E-state index in [0.717, 1.165) is 6.07 Å². The van der Waals surface area contributed by atoms with Gasteiger partial charge in [0.2, 0.25) is 0 Å².